The first-order valence-electron chi connectivity index (χ1n) is 9.98. The van der Waals surface area contributed by atoms with Gasteiger partial charge in [-0.2, -0.15) is 10.5 Å². The summed E-state index contributed by atoms with van der Waals surface area (Å²) in [4.78, 5) is 23.4. The standard InChI is InChI=1S/C22H20N6O/c23-12-22(8-9-22)20-3-1-2-16(26-20)14-4-6-17(25-11-14)21(29)27-18-10-15-5-7-19(18)28(15)13-24/h1-4,6,11,15,18-19H,5,7-10H2,(H,27,29)/t15-,18+,19+/m0/s1. The van der Waals surface area contributed by atoms with Crippen molar-refractivity contribution in [3.63, 3.8) is 0 Å². The Bertz CT molecular complexity index is 1050. The van der Waals surface area contributed by atoms with E-state index < -0.39 is 5.41 Å². The zero-order chi connectivity index (χ0) is 20.0. The Balaban J connectivity index is 1.30. The van der Waals surface area contributed by atoms with Crippen molar-refractivity contribution in [1.82, 2.24) is 20.2 Å². The second kappa shape index (κ2) is 6.56. The number of nitriles is 2. The van der Waals surface area contributed by atoms with Crippen LogP contribution in [0.3, 0.4) is 0 Å². The van der Waals surface area contributed by atoms with Crippen molar-refractivity contribution in [1.29, 1.82) is 10.5 Å². The number of rotatable bonds is 4. The topological polar surface area (TPSA) is 106 Å². The van der Waals surface area contributed by atoms with Gasteiger partial charge in [0.15, 0.2) is 6.19 Å². The Morgan fingerprint density at radius 3 is 2.72 bits per heavy atom. The van der Waals surface area contributed by atoms with Crippen molar-refractivity contribution >= 4 is 5.91 Å². The van der Waals surface area contributed by atoms with E-state index in [1.807, 2.05) is 29.2 Å². The van der Waals surface area contributed by atoms with Crippen LogP contribution in [-0.4, -0.2) is 38.9 Å². The molecule has 2 aromatic heterocycles. The molecule has 2 aromatic rings. The number of carbonyl (C=O) groups excluding carboxylic acids is 1. The molecule has 1 aliphatic carbocycles. The molecule has 3 aliphatic rings. The molecule has 2 saturated heterocycles. The fraction of sp³-hybridized carbons (Fsp3) is 0.409. The second-order valence-electron chi connectivity index (χ2n) is 8.16. The summed E-state index contributed by atoms with van der Waals surface area (Å²) in [6.07, 6.45) is 8.40. The van der Waals surface area contributed by atoms with E-state index in [4.69, 9.17) is 0 Å². The average Bonchev–Trinajstić information content (AvgIpc) is 3.38. The number of hydrogen-bond acceptors (Lipinski definition) is 6. The Labute approximate surface area is 169 Å². The first-order chi connectivity index (χ1) is 14.1. The van der Waals surface area contributed by atoms with Gasteiger partial charge in [0.25, 0.3) is 5.91 Å². The maximum absolute atomic E-state index is 12.6. The summed E-state index contributed by atoms with van der Waals surface area (Å²) < 4.78 is 0. The molecule has 2 bridgehead atoms. The van der Waals surface area contributed by atoms with Gasteiger partial charge in [-0.05, 0) is 56.4 Å². The summed E-state index contributed by atoms with van der Waals surface area (Å²) in [5, 5.41) is 21.7. The van der Waals surface area contributed by atoms with Crippen molar-refractivity contribution in [3.05, 3.63) is 47.9 Å². The molecule has 0 radical (unpaired) electrons. The minimum absolute atomic E-state index is 0.00133. The quantitative estimate of drug-likeness (QED) is 0.812. The fourth-order valence-electron chi connectivity index (χ4n) is 4.63. The van der Waals surface area contributed by atoms with Crippen molar-refractivity contribution in [2.75, 3.05) is 0 Å². The predicted octanol–water partition coefficient (Wildman–Crippen LogP) is 2.51. The van der Waals surface area contributed by atoms with Gasteiger partial charge >= 0.3 is 0 Å². The van der Waals surface area contributed by atoms with Crippen LogP contribution in [0.2, 0.25) is 0 Å². The molecular formula is C22H20N6O. The third kappa shape index (κ3) is 2.91. The number of fused-ring (bicyclic) bond motifs is 2. The highest BCUT2D eigenvalue weighted by molar-refractivity contribution is 5.92. The molecule has 5 rings (SSSR count). The number of carbonyl (C=O) groups is 1. The van der Waals surface area contributed by atoms with Crippen LogP contribution in [0.4, 0.5) is 0 Å². The van der Waals surface area contributed by atoms with E-state index in [0.29, 0.717) is 5.69 Å². The molecule has 1 saturated carbocycles. The number of aromatic nitrogens is 2. The summed E-state index contributed by atoms with van der Waals surface area (Å²) in [5.41, 5.74) is 2.29. The van der Waals surface area contributed by atoms with Crippen LogP contribution in [0.15, 0.2) is 36.5 Å². The molecule has 7 heteroatoms. The smallest absolute Gasteiger partial charge is 0.270 e. The zero-order valence-electron chi connectivity index (χ0n) is 15.9. The summed E-state index contributed by atoms with van der Waals surface area (Å²) >= 11 is 0. The monoisotopic (exact) mass is 384 g/mol. The van der Waals surface area contributed by atoms with E-state index >= 15 is 0 Å². The van der Waals surface area contributed by atoms with Crippen LogP contribution >= 0.6 is 0 Å². The minimum Gasteiger partial charge on any atom is -0.346 e. The van der Waals surface area contributed by atoms with Crippen LogP contribution < -0.4 is 5.32 Å². The highest BCUT2D eigenvalue weighted by Crippen LogP contribution is 2.46. The van der Waals surface area contributed by atoms with Gasteiger partial charge in [0.05, 0.1) is 35.0 Å². The van der Waals surface area contributed by atoms with Gasteiger partial charge < -0.3 is 10.2 Å². The van der Waals surface area contributed by atoms with Crippen LogP contribution in [0.1, 0.15) is 48.3 Å². The molecule has 7 nitrogen and oxygen atoms in total. The second-order valence-corrected chi connectivity index (χ2v) is 8.16. The number of hydrogen-bond donors (Lipinski definition) is 1. The van der Waals surface area contributed by atoms with Gasteiger partial charge in [0.1, 0.15) is 5.69 Å². The van der Waals surface area contributed by atoms with Crippen molar-refractivity contribution in [3.8, 4) is 23.5 Å². The van der Waals surface area contributed by atoms with Crippen LogP contribution in [0.25, 0.3) is 11.3 Å². The summed E-state index contributed by atoms with van der Waals surface area (Å²) in [6.45, 7) is 0. The van der Waals surface area contributed by atoms with Gasteiger partial charge in [0, 0.05) is 17.8 Å². The SMILES string of the molecule is N#CN1[C@H]2CC[C@@H]1[C@H](NC(=O)c1ccc(-c3cccc(C4(C#N)CC4)n3)cn1)C2. The minimum atomic E-state index is -0.429. The molecule has 3 fully saturated rings. The third-order valence-corrected chi connectivity index (χ3v) is 6.46. The number of pyridine rings is 2. The highest BCUT2D eigenvalue weighted by Gasteiger charge is 2.47. The van der Waals surface area contributed by atoms with E-state index in [-0.39, 0.29) is 24.0 Å². The van der Waals surface area contributed by atoms with Gasteiger partial charge in [-0.3, -0.25) is 14.8 Å². The summed E-state index contributed by atoms with van der Waals surface area (Å²) in [6, 6.07) is 12.0. The van der Waals surface area contributed by atoms with Crippen LogP contribution in [0, 0.1) is 22.8 Å². The molecule has 29 heavy (non-hydrogen) atoms. The Morgan fingerprint density at radius 1 is 1.21 bits per heavy atom. The molecule has 4 heterocycles. The maximum atomic E-state index is 12.6. The Hall–Kier alpha value is -3.45. The lowest BCUT2D eigenvalue weighted by Gasteiger charge is -2.21. The first kappa shape index (κ1) is 17.6. The lowest BCUT2D eigenvalue weighted by molar-refractivity contribution is 0.0923. The number of amides is 1. The molecular weight excluding hydrogens is 364 g/mol. The van der Waals surface area contributed by atoms with E-state index in [0.717, 1.165) is 49.1 Å². The normalized spacial score (nSPS) is 25.9. The Morgan fingerprint density at radius 2 is 2.07 bits per heavy atom. The van der Waals surface area contributed by atoms with Gasteiger partial charge in [-0.1, -0.05) is 6.07 Å². The first-order valence-corrected chi connectivity index (χ1v) is 9.98. The number of nitrogens with one attached hydrogen (secondary N) is 1. The molecule has 1 N–H and O–H groups in total. The highest BCUT2D eigenvalue weighted by atomic mass is 16.2. The van der Waals surface area contributed by atoms with E-state index in [9.17, 15) is 15.3 Å². The zero-order valence-corrected chi connectivity index (χ0v) is 15.9. The van der Waals surface area contributed by atoms with Crippen molar-refractivity contribution < 1.29 is 4.79 Å². The fourth-order valence-corrected chi connectivity index (χ4v) is 4.63. The van der Waals surface area contributed by atoms with Crippen molar-refractivity contribution in [2.45, 2.75) is 55.6 Å². The molecule has 2 aliphatic heterocycles. The predicted molar refractivity (Wildman–Crippen MR) is 104 cm³/mol. The lowest BCUT2D eigenvalue weighted by atomic mass is 9.95. The molecule has 3 atom stereocenters. The summed E-state index contributed by atoms with van der Waals surface area (Å²) in [5.74, 6) is -0.213. The molecule has 0 unspecified atom stereocenters. The van der Waals surface area contributed by atoms with E-state index in [1.54, 1.807) is 12.3 Å². The largest absolute Gasteiger partial charge is 0.346 e. The lowest BCUT2D eigenvalue weighted by Crippen LogP contribution is -2.43. The molecule has 0 aromatic carbocycles. The average molecular weight is 384 g/mol. The maximum Gasteiger partial charge on any atom is 0.270 e. The van der Waals surface area contributed by atoms with Gasteiger partial charge in [-0.25, -0.2) is 0 Å². The molecule has 1 amide bonds. The van der Waals surface area contributed by atoms with Gasteiger partial charge in [-0.15, -0.1) is 0 Å². The van der Waals surface area contributed by atoms with Crippen molar-refractivity contribution in [2.24, 2.45) is 0 Å². The number of nitrogens with zero attached hydrogens (tertiary/aromatic N) is 5. The molecule has 0 spiro atoms. The van der Waals surface area contributed by atoms with Gasteiger partial charge in [0.2, 0.25) is 0 Å². The summed E-state index contributed by atoms with van der Waals surface area (Å²) in [7, 11) is 0. The Kier molecular flexibility index (Phi) is 3.99. The van der Waals surface area contributed by atoms with E-state index in [1.165, 1.54) is 0 Å². The molecule has 144 valence electrons. The van der Waals surface area contributed by atoms with Crippen LogP contribution in [0.5, 0.6) is 0 Å². The third-order valence-electron chi connectivity index (χ3n) is 6.46. The van der Waals surface area contributed by atoms with E-state index in [2.05, 4.69) is 27.5 Å². The van der Waals surface area contributed by atoms with Crippen LogP contribution in [-0.2, 0) is 5.41 Å².